The van der Waals surface area contributed by atoms with Gasteiger partial charge in [-0.1, -0.05) is 17.7 Å². The Labute approximate surface area is 147 Å². The molecule has 0 aromatic carbocycles. The van der Waals surface area contributed by atoms with Gasteiger partial charge in [-0.15, -0.1) is 0 Å². The lowest BCUT2D eigenvalue weighted by Gasteiger charge is -2.09. The predicted molar refractivity (Wildman–Crippen MR) is 93.5 cm³/mol. The lowest BCUT2D eigenvalue weighted by Crippen LogP contribution is -2.06. The number of aryl methyl sites for hydroxylation is 1. The average molecular weight is 358 g/mol. The van der Waals surface area contributed by atoms with Gasteiger partial charge in [-0.25, -0.2) is 19.9 Å². The minimum atomic E-state index is -0.573. The molecule has 3 heterocycles. The maximum absolute atomic E-state index is 11.5. The third kappa shape index (κ3) is 3.96. The lowest BCUT2D eigenvalue weighted by molar-refractivity contribution is -0.383. The van der Waals surface area contributed by atoms with E-state index in [4.69, 9.17) is 11.6 Å². The third-order valence-electron chi connectivity index (χ3n) is 3.11. The summed E-state index contributed by atoms with van der Waals surface area (Å²) in [4.78, 5) is 27.1. The minimum Gasteiger partial charge on any atom is -0.319 e. The molecule has 0 aliphatic rings. The van der Waals surface area contributed by atoms with Gasteiger partial charge in [0.2, 0.25) is 11.6 Å². The molecule has 10 heteroatoms. The molecule has 9 nitrogen and oxygen atoms in total. The lowest BCUT2D eigenvalue weighted by atomic mass is 10.3. The van der Waals surface area contributed by atoms with Crippen LogP contribution < -0.4 is 10.6 Å². The molecule has 0 fully saturated rings. The number of aromatic nitrogens is 4. The fourth-order valence-corrected chi connectivity index (χ4v) is 2.15. The normalized spacial score (nSPS) is 10.3. The van der Waals surface area contributed by atoms with Crippen LogP contribution in [0.2, 0.25) is 5.02 Å². The van der Waals surface area contributed by atoms with E-state index >= 15 is 0 Å². The van der Waals surface area contributed by atoms with Crippen LogP contribution in [0.3, 0.4) is 0 Å². The van der Waals surface area contributed by atoms with Crippen LogP contribution in [0.4, 0.5) is 29.0 Å². The molecule has 126 valence electrons. The van der Waals surface area contributed by atoms with Gasteiger partial charge in [0.1, 0.15) is 18.0 Å². The first-order valence-corrected chi connectivity index (χ1v) is 7.49. The van der Waals surface area contributed by atoms with Crippen LogP contribution in [-0.4, -0.2) is 24.9 Å². The van der Waals surface area contributed by atoms with E-state index < -0.39 is 4.92 Å². The number of nitro groups is 1. The molecule has 3 aromatic heterocycles. The number of rotatable bonds is 5. The Bertz CT molecular complexity index is 918. The number of anilines is 4. The molecule has 0 saturated heterocycles. The van der Waals surface area contributed by atoms with Crippen molar-refractivity contribution in [3.8, 4) is 0 Å². The van der Waals surface area contributed by atoms with Crippen LogP contribution in [0.5, 0.6) is 0 Å². The van der Waals surface area contributed by atoms with Crippen molar-refractivity contribution in [2.24, 2.45) is 0 Å². The van der Waals surface area contributed by atoms with Gasteiger partial charge in [0.05, 0.1) is 9.95 Å². The van der Waals surface area contributed by atoms with Crippen molar-refractivity contribution in [2.75, 3.05) is 10.6 Å². The summed E-state index contributed by atoms with van der Waals surface area (Å²) in [5.74, 6) is 0.836. The zero-order chi connectivity index (χ0) is 17.8. The van der Waals surface area contributed by atoms with E-state index in [1.54, 1.807) is 24.3 Å². The van der Waals surface area contributed by atoms with E-state index in [1.165, 1.54) is 12.5 Å². The third-order valence-corrected chi connectivity index (χ3v) is 3.34. The van der Waals surface area contributed by atoms with Crippen molar-refractivity contribution in [2.45, 2.75) is 6.92 Å². The quantitative estimate of drug-likeness (QED) is 0.524. The molecular weight excluding hydrogens is 346 g/mol. The Morgan fingerprint density at radius 3 is 2.36 bits per heavy atom. The van der Waals surface area contributed by atoms with E-state index in [0.717, 1.165) is 5.69 Å². The van der Waals surface area contributed by atoms with Gasteiger partial charge in [-0.05, 0) is 31.2 Å². The number of nitrogens with zero attached hydrogens (tertiary/aromatic N) is 5. The maximum Gasteiger partial charge on any atom is 0.354 e. The van der Waals surface area contributed by atoms with E-state index in [9.17, 15) is 10.1 Å². The van der Waals surface area contributed by atoms with Crippen molar-refractivity contribution in [1.29, 1.82) is 0 Å². The maximum atomic E-state index is 11.5. The molecule has 25 heavy (non-hydrogen) atoms. The summed E-state index contributed by atoms with van der Waals surface area (Å²) in [5, 5.41) is 17.6. The second-order valence-electron chi connectivity index (χ2n) is 4.95. The van der Waals surface area contributed by atoms with Crippen LogP contribution in [0.1, 0.15) is 5.69 Å². The van der Waals surface area contributed by atoms with Gasteiger partial charge in [0.15, 0.2) is 0 Å². The largest absolute Gasteiger partial charge is 0.354 e. The van der Waals surface area contributed by atoms with E-state index in [1.807, 2.05) is 13.0 Å². The van der Waals surface area contributed by atoms with Gasteiger partial charge in [0.25, 0.3) is 0 Å². The van der Waals surface area contributed by atoms with Crippen molar-refractivity contribution in [3.63, 3.8) is 0 Å². The molecule has 0 bridgehead atoms. The first-order valence-electron chi connectivity index (χ1n) is 7.11. The fraction of sp³-hybridized carbons (Fsp3) is 0.0667. The van der Waals surface area contributed by atoms with Crippen LogP contribution in [-0.2, 0) is 0 Å². The molecule has 0 spiro atoms. The first-order chi connectivity index (χ1) is 12.0. The molecule has 0 unspecified atom stereocenters. The summed E-state index contributed by atoms with van der Waals surface area (Å²) < 4.78 is 0. The second-order valence-corrected chi connectivity index (χ2v) is 5.39. The highest BCUT2D eigenvalue weighted by Crippen LogP contribution is 2.32. The number of halogens is 1. The summed E-state index contributed by atoms with van der Waals surface area (Å²) in [6.07, 6.45) is 2.64. The van der Waals surface area contributed by atoms with Crippen molar-refractivity contribution in [1.82, 2.24) is 19.9 Å². The van der Waals surface area contributed by atoms with Gasteiger partial charge < -0.3 is 10.6 Å². The summed E-state index contributed by atoms with van der Waals surface area (Å²) in [6.45, 7) is 1.82. The molecule has 0 aliphatic heterocycles. The zero-order valence-corrected chi connectivity index (χ0v) is 13.7. The zero-order valence-electron chi connectivity index (χ0n) is 13.0. The molecule has 0 aliphatic carbocycles. The molecule has 0 amide bonds. The summed E-state index contributed by atoms with van der Waals surface area (Å²) >= 11 is 5.78. The number of nitrogens with one attached hydrogen (secondary N) is 2. The van der Waals surface area contributed by atoms with Gasteiger partial charge in [-0.3, -0.25) is 10.1 Å². The smallest absolute Gasteiger partial charge is 0.319 e. The van der Waals surface area contributed by atoms with Gasteiger partial charge >= 0.3 is 5.69 Å². The minimum absolute atomic E-state index is 0.00461. The number of hydrogen-bond donors (Lipinski definition) is 2. The Hall–Kier alpha value is -3.33. The van der Waals surface area contributed by atoms with Crippen LogP contribution in [0, 0.1) is 17.0 Å². The highest BCUT2D eigenvalue weighted by atomic mass is 35.5. The summed E-state index contributed by atoms with van der Waals surface area (Å²) in [5.41, 5.74) is 0.452. The Kier molecular flexibility index (Phi) is 4.66. The molecule has 3 aromatic rings. The fourth-order valence-electron chi connectivity index (χ4n) is 2.04. The molecule has 0 atom stereocenters. The molecule has 0 radical (unpaired) electrons. The van der Waals surface area contributed by atoms with Gasteiger partial charge in [-0.2, -0.15) is 0 Å². The monoisotopic (exact) mass is 357 g/mol. The topological polar surface area (TPSA) is 119 Å². The second kappa shape index (κ2) is 7.05. The molecule has 2 N–H and O–H groups in total. The van der Waals surface area contributed by atoms with Crippen LogP contribution in [0.15, 0.2) is 42.9 Å². The molecule has 0 saturated carbocycles. The van der Waals surface area contributed by atoms with Crippen molar-refractivity contribution < 1.29 is 4.92 Å². The molecular formula is C15H12ClN7O2. The van der Waals surface area contributed by atoms with E-state index in [0.29, 0.717) is 16.7 Å². The average Bonchev–Trinajstić information content (AvgIpc) is 2.57. The van der Waals surface area contributed by atoms with E-state index in [-0.39, 0.29) is 17.3 Å². The summed E-state index contributed by atoms with van der Waals surface area (Å²) in [6, 6.07) is 8.49. The SMILES string of the molecule is Cc1cccc(Nc2ncnc(Nc3ccc(Cl)cn3)c2[N+](=O)[O-])n1. The van der Waals surface area contributed by atoms with Gasteiger partial charge in [0, 0.05) is 11.9 Å². The highest BCUT2D eigenvalue weighted by molar-refractivity contribution is 6.30. The van der Waals surface area contributed by atoms with E-state index in [2.05, 4.69) is 30.6 Å². The Balaban J connectivity index is 1.96. The number of hydrogen-bond acceptors (Lipinski definition) is 8. The predicted octanol–water partition coefficient (Wildman–Crippen LogP) is 3.62. The first kappa shape index (κ1) is 16.5. The van der Waals surface area contributed by atoms with Crippen LogP contribution >= 0.6 is 11.6 Å². The highest BCUT2D eigenvalue weighted by Gasteiger charge is 2.23. The Morgan fingerprint density at radius 1 is 1.04 bits per heavy atom. The Morgan fingerprint density at radius 2 is 1.76 bits per heavy atom. The standard InChI is InChI=1S/C15H12ClN7O2/c1-9-3-2-4-12(20-9)22-15-13(23(24)25)14(18-8-19-15)21-11-6-5-10(16)7-17-11/h2-8H,1H3,(H2,17,18,19,20,21,22). The van der Waals surface area contributed by atoms with Crippen LogP contribution in [0.25, 0.3) is 0 Å². The van der Waals surface area contributed by atoms with Crippen molar-refractivity contribution in [3.05, 3.63) is 63.7 Å². The number of pyridine rings is 2. The molecule has 3 rings (SSSR count). The summed E-state index contributed by atoms with van der Waals surface area (Å²) in [7, 11) is 0. The van der Waals surface area contributed by atoms with Crippen molar-refractivity contribution >= 4 is 40.6 Å².